The first-order chi connectivity index (χ1) is 9.40. The van der Waals surface area contributed by atoms with Crippen LogP contribution in [0.25, 0.3) is 0 Å². The number of nitrogens with zero attached hydrogens (tertiary/aromatic N) is 1. The normalized spacial score (nSPS) is 19.9. The van der Waals surface area contributed by atoms with Crippen LogP contribution in [-0.2, 0) is 19.5 Å². The smallest absolute Gasteiger partial charge is 0.304 e. The first-order valence-corrected chi connectivity index (χ1v) is 7.93. The number of nitrogens with one attached hydrogen (secondary N) is 1. The Labute approximate surface area is 118 Å². The summed E-state index contributed by atoms with van der Waals surface area (Å²) in [6, 6.07) is 0.945. The molecule has 9 nitrogen and oxygen atoms in total. The van der Waals surface area contributed by atoms with E-state index in [1.165, 1.54) is 0 Å². The Morgan fingerprint density at radius 2 is 2.30 bits per heavy atom. The average Bonchev–Trinajstić information content (AvgIpc) is 2.81. The van der Waals surface area contributed by atoms with E-state index in [0.717, 1.165) is 6.07 Å². The number of thiophene rings is 1. The molecule has 11 heteroatoms. The van der Waals surface area contributed by atoms with Crippen LogP contribution in [0.1, 0.15) is 0 Å². The van der Waals surface area contributed by atoms with Gasteiger partial charge in [-0.15, -0.1) is 0 Å². The number of ether oxygens (including phenoxy) is 2. The van der Waals surface area contributed by atoms with Gasteiger partial charge in [0.05, 0.1) is 30.8 Å². The molecule has 20 heavy (non-hydrogen) atoms. The van der Waals surface area contributed by atoms with Gasteiger partial charge in [-0.25, -0.2) is 13.1 Å². The second-order valence-corrected chi connectivity index (χ2v) is 7.07. The molecule has 0 amide bonds. The molecule has 1 saturated heterocycles. The third-order valence-electron chi connectivity index (χ3n) is 2.57. The third-order valence-corrected chi connectivity index (χ3v) is 5.42. The molecule has 1 aliphatic heterocycles. The number of hydrogen-bond donors (Lipinski definition) is 2. The van der Waals surface area contributed by atoms with E-state index < -0.39 is 20.6 Å². The van der Waals surface area contributed by atoms with Crippen LogP contribution in [0.15, 0.2) is 10.3 Å². The molecule has 3 N–H and O–H groups in total. The zero-order valence-corrected chi connectivity index (χ0v) is 11.9. The Hall–Kier alpha value is -1.27. The quantitative estimate of drug-likeness (QED) is 0.572. The van der Waals surface area contributed by atoms with E-state index in [0.29, 0.717) is 31.2 Å². The lowest BCUT2D eigenvalue weighted by Crippen LogP contribution is -2.39. The highest BCUT2D eigenvalue weighted by Crippen LogP contribution is 2.34. The van der Waals surface area contributed by atoms with Crippen LogP contribution in [0, 0.1) is 10.1 Å². The van der Waals surface area contributed by atoms with Crippen LogP contribution in [0.3, 0.4) is 0 Å². The van der Waals surface area contributed by atoms with E-state index >= 15 is 0 Å². The maximum absolute atomic E-state index is 12.0. The Bertz CT molecular complexity index is 593. The second kappa shape index (κ2) is 6.01. The Kier molecular flexibility index (Phi) is 4.55. The van der Waals surface area contributed by atoms with Gasteiger partial charge in [-0.2, -0.15) is 0 Å². The topological polar surface area (TPSA) is 134 Å². The molecule has 0 radical (unpaired) electrons. The predicted molar refractivity (Wildman–Crippen MR) is 71.1 cm³/mol. The van der Waals surface area contributed by atoms with Gasteiger partial charge in [-0.05, 0) is 0 Å². The largest absolute Gasteiger partial charge is 0.385 e. The van der Waals surface area contributed by atoms with Crippen molar-refractivity contribution in [3.8, 4) is 0 Å². The summed E-state index contributed by atoms with van der Waals surface area (Å²) >= 11 is 0.650. The highest BCUT2D eigenvalue weighted by atomic mass is 32.2. The van der Waals surface area contributed by atoms with Crippen molar-refractivity contribution in [3.63, 3.8) is 0 Å². The van der Waals surface area contributed by atoms with E-state index in [-0.39, 0.29) is 21.9 Å². The van der Waals surface area contributed by atoms with E-state index in [2.05, 4.69) is 4.72 Å². The van der Waals surface area contributed by atoms with Crippen LogP contribution in [-0.4, -0.2) is 45.8 Å². The van der Waals surface area contributed by atoms with Crippen molar-refractivity contribution in [1.29, 1.82) is 0 Å². The molecule has 0 saturated carbocycles. The van der Waals surface area contributed by atoms with Gasteiger partial charge >= 0.3 is 5.69 Å². The van der Waals surface area contributed by atoms with Gasteiger partial charge in [0.15, 0.2) is 5.00 Å². The van der Waals surface area contributed by atoms with Crippen molar-refractivity contribution < 1.29 is 22.8 Å². The van der Waals surface area contributed by atoms with Gasteiger partial charge in [0.25, 0.3) is 0 Å². The standard InChI is InChI=1S/C9H13N3O6S2/c10-9-7(12(13)14)3-8(19-9)20(15,16)11-4-6-5-17-1-2-18-6/h3,6,11H,1-2,4-5,10H2. The molecule has 0 bridgehead atoms. The van der Waals surface area contributed by atoms with Gasteiger partial charge in [-0.3, -0.25) is 10.1 Å². The Balaban J connectivity index is 2.06. The average molecular weight is 323 g/mol. The van der Waals surface area contributed by atoms with Crippen LogP contribution >= 0.6 is 11.3 Å². The minimum absolute atomic E-state index is 0.0357. The van der Waals surface area contributed by atoms with Crippen LogP contribution in [0.2, 0.25) is 0 Å². The molecule has 0 aliphatic carbocycles. The van der Waals surface area contributed by atoms with E-state index in [1.807, 2.05) is 0 Å². The fraction of sp³-hybridized carbons (Fsp3) is 0.556. The summed E-state index contributed by atoms with van der Waals surface area (Å²) in [5.74, 6) is 0. The van der Waals surface area contributed by atoms with Crippen molar-refractivity contribution >= 4 is 32.0 Å². The van der Waals surface area contributed by atoms with Crippen molar-refractivity contribution in [2.75, 3.05) is 32.1 Å². The number of sulfonamides is 1. The first-order valence-electron chi connectivity index (χ1n) is 5.63. The maximum atomic E-state index is 12.0. The van der Waals surface area contributed by atoms with Crippen LogP contribution in [0.5, 0.6) is 0 Å². The summed E-state index contributed by atoms with van der Waals surface area (Å²) in [4.78, 5) is 9.93. The van der Waals surface area contributed by atoms with Crippen molar-refractivity contribution in [2.45, 2.75) is 10.3 Å². The van der Waals surface area contributed by atoms with Gasteiger partial charge in [0.2, 0.25) is 10.0 Å². The number of rotatable bonds is 5. The van der Waals surface area contributed by atoms with Gasteiger partial charge in [-0.1, -0.05) is 11.3 Å². The SMILES string of the molecule is Nc1sc(S(=O)(=O)NCC2COCCO2)cc1[N+](=O)[O-]. The Morgan fingerprint density at radius 3 is 2.85 bits per heavy atom. The van der Waals surface area contributed by atoms with Crippen molar-refractivity contribution in [2.24, 2.45) is 0 Å². The lowest BCUT2D eigenvalue weighted by Gasteiger charge is -2.22. The minimum atomic E-state index is -3.85. The van der Waals surface area contributed by atoms with E-state index in [4.69, 9.17) is 15.2 Å². The lowest BCUT2D eigenvalue weighted by molar-refractivity contribution is -0.383. The number of nitro groups is 1. The molecule has 0 aromatic carbocycles. The number of nitrogen functional groups attached to an aromatic ring is 1. The molecule has 1 fully saturated rings. The lowest BCUT2D eigenvalue weighted by atomic mass is 10.3. The molecule has 0 spiro atoms. The number of anilines is 1. The number of hydrogen-bond acceptors (Lipinski definition) is 8. The fourth-order valence-corrected chi connectivity index (χ4v) is 3.90. The van der Waals surface area contributed by atoms with E-state index in [9.17, 15) is 18.5 Å². The minimum Gasteiger partial charge on any atom is -0.385 e. The molecule has 1 aliphatic rings. The molecule has 112 valence electrons. The second-order valence-electron chi connectivity index (χ2n) is 3.99. The summed E-state index contributed by atoms with van der Waals surface area (Å²) in [7, 11) is -3.85. The summed E-state index contributed by atoms with van der Waals surface area (Å²) in [6.45, 7) is 1.23. The molecular formula is C9H13N3O6S2. The molecule has 1 aromatic rings. The predicted octanol–water partition coefficient (Wildman–Crippen LogP) is -0.0678. The van der Waals surface area contributed by atoms with Crippen LogP contribution in [0.4, 0.5) is 10.7 Å². The summed E-state index contributed by atoms with van der Waals surface area (Å²) in [6.07, 6.45) is -0.370. The summed E-state index contributed by atoms with van der Waals surface area (Å²) in [5, 5.41) is 10.5. The molecule has 1 unspecified atom stereocenters. The zero-order chi connectivity index (χ0) is 14.8. The molecular weight excluding hydrogens is 310 g/mol. The maximum Gasteiger partial charge on any atom is 0.304 e. The van der Waals surface area contributed by atoms with E-state index in [1.54, 1.807) is 0 Å². The Morgan fingerprint density at radius 1 is 1.55 bits per heavy atom. The highest BCUT2D eigenvalue weighted by molar-refractivity contribution is 7.91. The summed E-state index contributed by atoms with van der Waals surface area (Å²) < 4.78 is 36.5. The van der Waals surface area contributed by atoms with Crippen LogP contribution < -0.4 is 10.5 Å². The molecule has 1 atom stereocenters. The molecule has 2 rings (SSSR count). The fourth-order valence-electron chi connectivity index (χ4n) is 1.58. The number of nitrogens with two attached hydrogens (primary N) is 1. The zero-order valence-electron chi connectivity index (χ0n) is 10.3. The van der Waals surface area contributed by atoms with Crippen molar-refractivity contribution in [1.82, 2.24) is 4.72 Å². The van der Waals surface area contributed by atoms with Gasteiger partial charge in [0.1, 0.15) is 4.21 Å². The van der Waals surface area contributed by atoms with Gasteiger partial charge in [0, 0.05) is 12.6 Å². The summed E-state index contributed by atoms with van der Waals surface area (Å²) in [5.41, 5.74) is 5.01. The third kappa shape index (κ3) is 3.43. The molecule has 1 aromatic heterocycles. The monoisotopic (exact) mass is 323 g/mol. The molecule has 2 heterocycles. The van der Waals surface area contributed by atoms with Gasteiger partial charge < -0.3 is 15.2 Å². The first kappa shape index (κ1) is 15.1. The van der Waals surface area contributed by atoms with Crippen molar-refractivity contribution in [3.05, 3.63) is 16.2 Å². The highest BCUT2D eigenvalue weighted by Gasteiger charge is 2.26.